The standard InChI is InChI=1S/C15H37NO6Si2/c1-23(2,3)22-24(4,5)8-6-7-21-10-14(20)9-16-15(11-17,12-18)13-19/h14,16-20H,6-13H2,1-5H3. The van der Waals surface area contributed by atoms with Gasteiger partial charge in [0.25, 0.3) is 0 Å². The Hall–Kier alpha value is 0.154. The van der Waals surface area contributed by atoms with Crippen molar-refractivity contribution in [1.82, 2.24) is 5.32 Å². The minimum Gasteiger partial charge on any atom is -0.456 e. The van der Waals surface area contributed by atoms with Crippen molar-refractivity contribution in [3.63, 3.8) is 0 Å². The van der Waals surface area contributed by atoms with Gasteiger partial charge < -0.3 is 34.6 Å². The van der Waals surface area contributed by atoms with Gasteiger partial charge in [0, 0.05) is 13.2 Å². The maximum Gasteiger partial charge on any atom is 0.173 e. The predicted molar refractivity (Wildman–Crippen MR) is 100 cm³/mol. The van der Waals surface area contributed by atoms with Crippen molar-refractivity contribution in [2.45, 2.75) is 56.8 Å². The molecule has 24 heavy (non-hydrogen) atoms. The summed E-state index contributed by atoms with van der Waals surface area (Å²) in [6.45, 7) is 10.7. The lowest BCUT2D eigenvalue weighted by Gasteiger charge is -2.31. The van der Waals surface area contributed by atoms with Crippen LogP contribution in [0.3, 0.4) is 0 Å². The second-order valence-electron chi connectivity index (χ2n) is 7.94. The number of nitrogens with one attached hydrogen (secondary N) is 1. The van der Waals surface area contributed by atoms with Crippen molar-refractivity contribution in [2.75, 3.05) is 39.6 Å². The first-order valence-electron chi connectivity index (χ1n) is 8.53. The maximum atomic E-state index is 9.87. The lowest BCUT2D eigenvalue weighted by molar-refractivity contribution is 0.00843. The number of β-amino-alcohol motifs (C(OH)–C–C–N with tert-alkyl or cyclic N) is 1. The van der Waals surface area contributed by atoms with Gasteiger partial charge in [0.1, 0.15) is 0 Å². The van der Waals surface area contributed by atoms with E-state index in [0.717, 1.165) is 12.5 Å². The molecule has 0 saturated carbocycles. The zero-order valence-corrected chi connectivity index (χ0v) is 17.8. The highest BCUT2D eigenvalue weighted by Crippen LogP contribution is 2.19. The van der Waals surface area contributed by atoms with Gasteiger partial charge in [-0.1, -0.05) is 0 Å². The summed E-state index contributed by atoms with van der Waals surface area (Å²) in [7, 11) is -3.15. The molecule has 0 aromatic heterocycles. The highest BCUT2D eigenvalue weighted by molar-refractivity contribution is 6.84. The minimum atomic E-state index is -1.65. The van der Waals surface area contributed by atoms with E-state index in [0.29, 0.717) is 6.61 Å². The second-order valence-corrected chi connectivity index (χ2v) is 17.0. The lowest BCUT2D eigenvalue weighted by atomic mass is 10.0. The van der Waals surface area contributed by atoms with Gasteiger partial charge in [0.2, 0.25) is 0 Å². The van der Waals surface area contributed by atoms with Crippen LogP contribution in [0.5, 0.6) is 0 Å². The summed E-state index contributed by atoms with van der Waals surface area (Å²) in [5.74, 6) is 0. The molecule has 0 aromatic carbocycles. The predicted octanol–water partition coefficient (Wildman–Crippen LogP) is 0.116. The molecule has 0 bridgehead atoms. The van der Waals surface area contributed by atoms with Crippen molar-refractivity contribution in [3.05, 3.63) is 0 Å². The van der Waals surface area contributed by atoms with Gasteiger partial charge in [-0.05, 0) is 45.2 Å². The van der Waals surface area contributed by atoms with Crippen LogP contribution in [0.2, 0.25) is 38.8 Å². The Kier molecular flexibility index (Phi) is 11.1. The molecule has 0 aliphatic heterocycles. The molecule has 146 valence electrons. The first-order chi connectivity index (χ1) is 11.0. The Labute approximate surface area is 148 Å². The molecule has 9 heteroatoms. The average Bonchev–Trinajstić information content (AvgIpc) is 2.46. The molecule has 0 aliphatic carbocycles. The smallest absolute Gasteiger partial charge is 0.173 e. The third-order valence-corrected chi connectivity index (χ3v) is 9.80. The molecular weight excluding hydrogens is 346 g/mol. The highest BCUT2D eigenvalue weighted by atomic mass is 28.4. The summed E-state index contributed by atoms with van der Waals surface area (Å²) in [6, 6.07) is 1.02. The summed E-state index contributed by atoms with van der Waals surface area (Å²) >= 11 is 0. The molecule has 1 atom stereocenters. The number of hydrogen-bond acceptors (Lipinski definition) is 7. The van der Waals surface area contributed by atoms with Gasteiger partial charge in [-0.3, -0.25) is 0 Å². The van der Waals surface area contributed by atoms with Crippen LogP contribution in [-0.2, 0) is 8.85 Å². The van der Waals surface area contributed by atoms with E-state index in [-0.39, 0.29) is 13.2 Å². The van der Waals surface area contributed by atoms with Crippen LogP contribution in [0.1, 0.15) is 6.42 Å². The Morgan fingerprint density at radius 3 is 2.00 bits per heavy atom. The summed E-state index contributed by atoms with van der Waals surface area (Å²) < 4.78 is 11.7. The van der Waals surface area contributed by atoms with Crippen molar-refractivity contribution in [1.29, 1.82) is 0 Å². The molecule has 0 rings (SSSR count). The molecule has 0 saturated heterocycles. The van der Waals surface area contributed by atoms with E-state index in [4.69, 9.17) is 8.85 Å². The van der Waals surface area contributed by atoms with Crippen LogP contribution >= 0.6 is 0 Å². The molecule has 0 heterocycles. The molecule has 5 N–H and O–H groups in total. The van der Waals surface area contributed by atoms with Gasteiger partial charge in [0.15, 0.2) is 16.6 Å². The van der Waals surface area contributed by atoms with E-state index in [1.54, 1.807) is 0 Å². The van der Waals surface area contributed by atoms with Crippen molar-refractivity contribution < 1.29 is 29.3 Å². The normalized spacial score (nSPS) is 14.9. The van der Waals surface area contributed by atoms with Crippen LogP contribution in [0.4, 0.5) is 0 Å². The molecule has 0 aliphatic rings. The fraction of sp³-hybridized carbons (Fsp3) is 1.00. The van der Waals surface area contributed by atoms with E-state index in [1.807, 2.05) is 0 Å². The number of aliphatic hydroxyl groups is 4. The molecule has 0 amide bonds. The molecule has 7 nitrogen and oxygen atoms in total. The van der Waals surface area contributed by atoms with Gasteiger partial charge >= 0.3 is 0 Å². The second kappa shape index (κ2) is 11.0. The lowest BCUT2D eigenvalue weighted by Crippen LogP contribution is -2.57. The van der Waals surface area contributed by atoms with Crippen LogP contribution in [0.25, 0.3) is 0 Å². The van der Waals surface area contributed by atoms with Gasteiger partial charge in [-0.25, -0.2) is 0 Å². The molecule has 0 fully saturated rings. The number of rotatable bonds is 14. The van der Waals surface area contributed by atoms with E-state index >= 15 is 0 Å². The Morgan fingerprint density at radius 1 is 1.00 bits per heavy atom. The third kappa shape index (κ3) is 10.9. The van der Waals surface area contributed by atoms with E-state index in [9.17, 15) is 20.4 Å². The van der Waals surface area contributed by atoms with E-state index < -0.39 is 48.1 Å². The van der Waals surface area contributed by atoms with Crippen molar-refractivity contribution in [2.24, 2.45) is 0 Å². The zero-order valence-electron chi connectivity index (χ0n) is 15.8. The highest BCUT2D eigenvalue weighted by Gasteiger charge is 2.29. The van der Waals surface area contributed by atoms with E-state index in [2.05, 4.69) is 38.1 Å². The Morgan fingerprint density at radius 2 is 1.54 bits per heavy atom. The zero-order chi connectivity index (χ0) is 18.9. The molecular formula is C15H37NO6Si2. The first kappa shape index (κ1) is 24.2. The number of aliphatic hydroxyl groups excluding tert-OH is 4. The molecule has 0 radical (unpaired) electrons. The summed E-state index contributed by atoms with van der Waals surface area (Å²) in [5, 5.41) is 40.2. The molecule has 0 aromatic rings. The summed E-state index contributed by atoms with van der Waals surface area (Å²) in [5.41, 5.74) is -1.18. The van der Waals surface area contributed by atoms with Crippen LogP contribution in [-0.4, -0.2) is 88.3 Å². The van der Waals surface area contributed by atoms with E-state index in [1.165, 1.54) is 0 Å². The summed E-state index contributed by atoms with van der Waals surface area (Å²) in [6.07, 6.45) is 0.134. The third-order valence-electron chi connectivity index (χ3n) is 3.58. The van der Waals surface area contributed by atoms with Gasteiger partial charge in [-0.2, -0.15) is 0 Å². The SMILES string of the molecule is C[Si](C)(C)O[Si](C)(C)CCCOCC(O)CNC(CO)(CO)CO. The average molecular weight is 384 g/mol. The summed E-state index contributed by atoms with van der Waals surface area (Å²) in [4.78, 5) is 0. The van der Waals surface area contributed by atoms with Gasteiger partial charge in [0.05, 0.1) is 38.1 Å². The Balaban J connectivity index is 3.92. The first-order valence-corrected chi connectivity index (χ1v) is 15.1. The van der Waals surface area contributed by atoms with Gasteiger partial charge in [-0.15, -0.1) is 0 Å². The van der Waals surface area contributed by atoms with Crippen molar-refractivity contribution in [3.8, 4) is 0 Å². The quantitative estimate of drug-likeness (QED) is 0.214. The molecule has 1 unspecified atom stereocenters. The van der Waals surface area contributed by atoms with Crippen LogP contribution in [0.15, 0.2) is 0 Å². The number of ether oxygens (including phenoxy) is 1. The largest absolute Gasteiger partial charge is 0.456 e. The fourth-order valence-corrected chi connectivity index (χ4v) is 10.4. The minimum absolute atomic E-state index is 0.126. The molecule has 0 spiro atoms. The number of hydrogen-bond donors (Lipinski definition) is 5. The topological polar surface area (TPSA) is 111 Å². The monoisotopic (exact) mass is 383 g/mol. The maximum absolute atomic E-state index is 9.87. The Bertz CT molecular complexity index is 326. The van der Waals surface area contributed by atoms with Crippen LogP contribution < -0.4 is 5.32 Å². The fourth-order valence-electron chi connectivity index (χ4n) is 2.41. The van der Waals surface area contributed by atoms with Crippen LogP contribution in [0, 0.1) is 0 Å². The van der Waals surface area contributed by atoms with Crippen molar-refractivity contribution >= 4 is 16.6 Å².